The lowest BCUT2D eigenvalue weighted by Gasteiger charge is -2.14. The quantitative estimate of drug-likeness (QED) is 0.186. The highest BCUT2D eigenvalue weighted by atomic mass is 16.5. The van der Waals surface area contributed by atoms with Gasteiger partial charge in [-0.1, -0.05) is 74.0 Å². The van der Waals surface area contributed by atoms with Crippen LogP contribution < -0.4 is 9.47 Å². The number of esters is 1. The van der Waals surface area contributed by atoms with Crippen LogP contribution in [-0.4, -0.2) is 25.8 Å². The molecule has 0 amide bonds. The molecule has 3 aromatic rings. The van der Waals surface area contributed by atoms with Crippen LogP contribution in [0.5, 0.6) is 11.5 Å². The molecule has 0 atom stereocenters. The highest BCUT2D eigenvalue weighted by Gasteiger charge is 2.13. The first kappa shape index (κ1) is 26.1. The van der Waals surface area contributed by atoms with Gasteiger partial charge < -0.3 is 14.2 Å². The number of hydrogen-bond acceptors (Lipinski definition) is 4. The second kappa shape index (κ2) is 14.7. The average molecular weight is 473 g/mol. The summed E-state index contributed by atoms with van der Waals surface area (Å²) in [7, 11) is 0. The molecule has 35 heavy (non-hydrogen) atoms. The largest absolute Gasteiger partial charge is 0.493 e. The third-order valence-corrected chi connectivity index (χ3v) is 5.64. The van der Waals surface area contributed by atoms with E-state index in [1.54, 1.807) is 0 Å². The van der Waals surface area contributed by atoms with Crippen LogP contribution >= 0.6 is 0 Å². The zero-order valence-corrected chi connectivity index (χ0v) is 20.9. The lowest BCUT2D eigenvalue weighted by molar-refractivity contribution is -0.138. The van der Waals surface area contributed by atoms with Gasteiger partial charge >= 0.3 is 5.97 Å². The molecule has 0 heterocycles. The van der Waals surface area contributed by atoms with Crippen molar-refractivity contribution in [3.8, 4) is 11.5 Å². The molecular formula is C31H36O4. The van der Waals surface area contributed by atoms with Crippen molar-refractivity contribution in [1.82, 2.24) is 0 Å². The van der Waals surface area contributed by atoms with E-state index in [0.717, 1.165) is 42.7 Å². The van der Waals surface area contributed by atoms with Gasteiger partial charge in [-0.25, -0.2) is 4.79 Å². The summed E-state index contributed by atoms with van der Waals surface area (Å²) in [6, 6.07) is 26.3. The summed E-state index contributed by atoms with van der Waals surface area (Å²) in [5.74, 6) is 1.21. The Morgan fingerprint density at radius 1 is 0.800 bits per heavy atom. The Morgan fingerprint density at radius 2 is 1.43 bits per heavy atom. The minimum atomic E-state index is -0.272. The molecule has 0 radical (unpaired) electrons. The smallest absolute Gasteiger partial charge is 0.334 e. The second-order valence-corrected chi connectivity index (χ2v) is 8.36. The molecule has 0 saturated heterocycles. The van der Waals surface area contributed by atoms with Gasteiger partial charge in [0.25, 0.3) is 0 Å². The number of unbranched alkanes of at least 4 members (excludes halogenated alkanes) is 1. The van der Waals surface area contributed by atoms with Gasteiger partial charge in [-0.15, -0.1) is 0 Å². The molecule has 0 saturated carbocycles. The van der Waals surface area contributed by atoms with Gasteiger partial charge in [0, 0.05) is 24.0 Å². The summed E-state index contributed by atoms with van der Waals surface area (Å²) in [6.45, 7) is 5.41. The second-order valence-electron chi connectivity index (χ2n) is 8.36. The van der Waals surface area contributed by atoms with Gasteiger partial charge in [-0.3, -0.25) is 0 Å². The Bertz CT molecular complexity index is 1060. The van der Waals surface area contributed by atoms with Gasteiger partial charge in [0.05, 0.1) is 19.8 Å². The highest BCUT2D eigenvalue weighted by Crippen LogP contribution is 2.28. The van der Waals surface area contributed by atoms with Crippen molar-refractivity contribution in [2.24, 2.45) is 0 Å². The molecule has 0 aliphatic heterocycles. The van der Waals surface area contributed by atoms with Crippen LogP contribution in [-0.2, 0) is 22.4 Å². The van der Waals surface area contributed by atoms with Crippen molar-refractivity contribution >= 4 is 12.0 Å². The number of benzene rings is 3. The molecule has 184 valence electrons. The van der Waals surface area contributed by atoms with Crippen molar-refractivity contribution in [3.63, 3.8) is 0 Å². The molecule has 4 nitrogen and oxygen atoms in total. The first-order chi connectivity index (χ1) is 17.2. The van der Waals surface area contributed by atoms with Crippen molar-refractivity contribution in [1.29, 1.82) is 0 Å². The van der Waals surface area contributed by atoms with Crippen LogP contribution in [0.4, 0.5) is 0 Å². The summed E-state index contributed by atoms with van der Waals surface area (Å²) >= 11 is 0. The maximum atomic E-state index is 12.6. The number of carbonyl (C=O) groups excluding carboxylic acids is 1. The summed E-state index contributed by atoms with van der Waals surface area (Å²) in [5, 5.41) is 0. The summed E-state index contributed by atoms with van der Waals surface area (Å²) < 4.78 is 17.5. The first-order valence-electron chi connectivity index (χ1n) is 12.5. The first-order valence-corrected chi connectivity index (χ1v) is 12.5. The SMILES string of the molecule is CCCC/C(=C\c1cc(OCCc2ccccc2)ccc1OCCc1ccccc1)C(=O)OCC. The Kier molecular flexibility index (Phi) is 10.9. The number of carbonyl (C=O) groups is 1. The standard InChI is InChI=1S/C31H36O4/c1-3-5-16-27(31(32)33-4-2)23-28-24-29(34-21-19-25-12-8-6-9-13-25)17-18-30(28)35-22-20-26-14-10-7-11-15-26/h6-15,17-18,23-24H,3-5,16,19-22H2,1-2H3/b27-23+. The number of rotatable bonds is 14. The van der Waals surface area contributed by atoms with Crippen molar-refractivity contribution in [3.05, 3.63) is 101 Å². The molecule has 4 heteroatoms. The van der Waals surface area contributed by atoms with E-state index in [-0.39, 0.29) is 5.97 Å². The Balaban J connectivity index is 1.78. The zero-order chi connectivity index (χ0) is 24.7. The van der Waals surface area contributed by atoms with Crippen molar-refractivity contribution in [2.45, 2.75) is 46.0 Å². The van der Waals surface area contributed by atoms with E-state index in [0.29, 0.717) is 31.8 Å². The molecular weight excluding hydrogens is 436 g/mol. The van der Waals surface area contributed by atoms with Gasteiger partial charge in [-0.2, -0.15) is 0 Å². The number of hydrogen-bond donors (Lipinski definition) is 0. The van der Waals surface area contributed by atoms with Crippen LogP contribution in [0.3, 0.4) is 0 Å². The lowest BCUT2D eigenvalue weighted by atomic mass is 10.0. The molecule has 0 spiro atoms. The predicted octanol–water partition coefficient (Wildman–Crippen LogP) is 7.07. The normalized spacial score (nSPS) is 11.2. The molecule has 0 N–H and O–H groups in total. The van der Waals surface area contributed by atoms with E-state index < -0.39 is 0 Å². The monoisotopic (exact) mass is 472 g/mol. The summed E-state index contributed by atoms with van der Waals surface area (Å²) in [4.78, 5) is 12.6. The van der Waals surface area contributed by atoms with E-state index in [4.69, 9.17) is 14.2 Å². The van der Waals surface area contributed by atoms with E-state index in [2.05, 4.69) is 31.2 Å². The predicted molar refractivity (Wildman–Crippen MR) is 142 cm³/mol. The van der Waals surface area contributed by atoms with Crippen LogP contribution in [0.1, 0.15) is 49.8 Å². The van der Waals surface area contributed by atoms with E-state index in [1.807, 2.05) is 67.6 Å². The van der Waals surface area contributed by atoms with Gasteiger partial charge in [0.1, 0.15) is 11.5 Å². The maximum absolute atomic E-state index is 12.6. The Labute approximate surface area is 209 Å². The van der Waals surface area contributed by atoms with Crippen LogP contribution in [0.15, 0.2) is 84.4 Å². The van der Waals surface area contributed by atoms with Crippen molar-refractivity contribution < 1.29 is 19.0 Å². The van der Waals surface area contributed by atoms with Crippen LogP contribution in [0.25, 0.3) is 6.08 Å². The molecule has 0 aliphatic carbocycles. The Morgan fingerprint density at radius 3 is 2.03 bits per heavy atom. The zero-order valence-electron chi connectivity index (χ0n) is 20.9. The molecule has 0 unspecified atom stereocenters. The molecule has 0 aromatic heterocycles. The lowest BCUT2D eigenvalue weighted by Crippen LogP contribution is -2.08. The third-order valence-electron chi connectivity index (χ3n) is 5.64. The summed E-state index contributed by atoms with van der Waals surface area (Å²) in [6.07, 6.45) is 6.11. The highest BCUT2D eigenvalue weighted by molar-refractivity contribution is 5.94. The fourth-order valence-electron chi connectivity index (χ4n) is 3.73. The van der Waals surface area contributed by atoms with Crippen molar-refractivity contribution in [2.75, 3.05) is 19.8 Å². The fourth-order valence-corrected chi connectivity index (χ4v) is 3.73. The van der Waals surface area contributed by atoms with Gasteiger partial charge in [0.15, 0.2) is 0 Å². The van der Waals surface area contributed by atoms with E-state index >= 15 is 0 Å². The van der Waals surface area contributed by atoms with Gasteiger partial charge in [-0.05, 0) is 55.2 Å². The Hall–Kier alpha value is -3.53. The molecule has 0 aliphatic rings. The van der Waals surface area contributed by atoms with Crippen LogP contribution in [0, 0.1) is 0 Å². The minimum absolute atomic E-state index is 0.272. The van der Waals surface area contributed by atoms with E-state index in [9.17, 15) is 4.79 Å². The number of ether oxygens (including phenoxy) is 3. The van der Waals surface area contributed by atoms with Crippen LogP contribution in [0.2, 0.25) is 0 Å². The topological polar surface area (TPSA) is 44.8 Å². The minimum Gasteiger partial charge on any atom is -0.493 e. The van der Waals surface area contributed by atoms with Gasteiger partial charge in [0.2, 0.25) is 0 Å². The maximum Gasteiger partial charge on any atom is 0.334 e. The fraction of sp³-hybridized carbons (Fsp3) is 0.323. The molecule has 0 fully saturated rings. The molecule has 3 aromatic carbocycles. The third kappa shape index (κ3) is 8.97. The average Bonchev–Trinajstić information content (AvgIpc) is 2.89. The molecule has 3 rings (SSSR count). The molecule has 0 bridgehead atoms. The summed E-state index contributed by atoms with van der Waals surface area (Å²) in [5.41, 5.74) is 3.94. The van der Waals surface area contributed by atoms with E-state index in [1.165, 1.54) is 11.1 Å².